The van der Waals surface area contributed by atoms with Crippen molar-refractivity contribution in [3.05, 3.63) is 0 Å². The molecule has 1 saturated heterocycles. The third-order valence-corrected chi connectivity index (χ3v) is 3.23. The van der Waals surface area contributed by atoms with Gasteiger partial charge in [0.25, 0.3) is 0 Å². The van der Waals surface area contributed by atoms with E-state index in [-0.39, 0.29) is 5.60 Å². The van der Waals surface area contributed by atoms with Gasteiger partial charge in [0.15, 0.2) is 0 Å². The molecule has 1 heterocycles. The fourth-order valence-corrected chi connectivity index (χ4v) is 2.63. The third-order valence-electron chi connectivity index (χ3n) is 2.43. The molecule has 0 radical (unpaired) electrons. The summed E-state index contributed by atoms with van der Waals surface area (Å²) in [5.74, 6) is 0. The summed E-state index contributed by atoms with van der Waals surface area (Å²) in [4.78, 5) is 0. The molecular formula is C7H12O3S. The zero-order valence-electron chi connectivity index (χ0n) is 6.38. The highest BCUT2D eigenvalue weighted by molar-refractivity contribution is 7.75. The van der Waals surface area contributed by atoms with E-state index < -0.39 is 11.4 Å². The quantitative estimate of drug-likeness (QED) is 0.558. The SMILES string of the molecule is O=S1OCC2(CCCCC2)O1. The summed E-state index contributed by atoms with van der Waals surface area (Å²) in [6.07, 6.45) is 5.66. The molecule has 0 amide bonds. The minimum atomic E-state index is -1.46. The standard InChI is InChI=1S/C7H12O3S/c8-11-9-6-7(10-11)4-2-1-3-5-7/h1-6H2. The molecule has 0 aromatic carbocycles. The lowest BCUT2D eigenvalue weighted by Crippen LogP contribution is -2.33. The summed E-state index contributed by atoms with van der Waals surface area (Å²) < 4.78 is 20.9. The third kappa shape index (κ3) is 1.48. The van der Waals surface area contributed by atoms with Crippen LogP contribution in [-0.2, 0) is 19.7 Å². The van der Waals surface area contributed by atoms with E-state index in [1.165, 1.54) is 19.3 Å². The Hall–Kier alpha value is 0.0700. The minimum Gasteiger partial charge on any atom is -0.265 e. The monoisotopic (exact) mass is 176 g/mol. The Morgan fingerprint density at radius 2 is 1.91 bits per heavy atom. The fraction of sp³-hybridized carbons (Fsp3) is 1.00. The molecule has 0 aromatic rings. The Morgan fingerprint density at radius 1 is 1.18 bits per heavy atom. The van der Waals surface area contributed by atoms with Crippen LogP contribution in [0.15, 0.2) is 0 Å². The molecular weight excluding hydrogens is 164 g/mol. The van der Waals surface area contributed by atoms with Crippen molar-refractivity contribution in [3.8, 4) is 0 Å². The van der Waals surface area contributed by atoms with Crippen LogP contribution in [0.25, 0.3) is 0 Å². The highest BCUT2D eigenvalue weighted by Gasteiger charge is 2.41. The lowest BCUT2D eigenvalue weighted by Gasteiger charge is -2.28. The van der Waals surface area contributed by atoms with Gasteiger partial charge in [-0.3, -0.25) is 8.37 Å². The second kappa shape index (κ2) is 2.84. The van der Waals surface area contributed by atoms with Crippen LogP contribution in [0.1, 0.15) is 32.1 Å². The Morgan fingerprint density at radius 3 is 2.45 bits per heavy atom. The Balaban J connectivity index is 2.03. The molecule has 64 valence electrons. The first-order valence-electron chi connectivity index (χ1n) is 4.05. The van der Waals surface area contributed by atoms with Crippen molar-refractivity contribution in [2.75, 3.05) is 6.61 Å². The second-order valence-corrected chi connectivity index (χ2v) is 4.10. The average Bonchev–Trinajstić information content (AvgIpc) is 2.34. The van der Waals surface area contributed by atoms with Gasteiger partial charge in [-0.05, 0) is 12.8 Å². The Kier molecular flexibility index (Phi) is 1.99. The van der Waals surface area contributed by atoms with E-state index >= 15 is 0 Å². The van der Waals surface area contributed by atoms with Gasteiger partial charge >= 0.3 is 11.4 Å². The summed E-state index contributed by atoms with van der Waals surface area (Å²) >= 11 is -1.46. The molecule has 1 atom stereocenters. The predicted octanol–water partition coefficient (Wildman–Crippen LogP) is 1.31. The molecule has 0 N–H and O–H groups in total. The van der Waals surface area contributed by atoms with Crippen LogP contribution >= 0.6 is 0 Å². The highest BCUT2D eigenvalue weighted by Crippen LogP contribution is 2.36. The number of rotatable bonds is 0. The lowest BCUT2D eigenvalue weighted by atomic mass is 9.86. The van der Waals surface area contributed by atoms with E-state index in [1.807, 2.05) is 0 Å². The van der Waals surface area contributed by atoms with Crippen molar-refractivity contribution in [3.63, 3.8) is 0 Å². The maximum atomic E-state index is 10.8. The maximum absolute atomic E-state index is 10.8. The summed E-state index contributed by atoms with van der Waals surface area (Å²) in [5.41, 5.74) is -0.177. The predicted molar refractivity (Wildman–Crippen MR) is 41.0 cm³/mol. The van der Waals surface area contributed by atoms with Crippen LogP contribution in [0.3, 0.4) is 0 Å². The van der Waals surface area contributed by atoms with Crippen LogP contribution in [0.5, 0.6) is 0 Å². The Bertz CT molecular complexity index is 175. The molecule has 2 aliphatic rings. The van der Waals surface area contributed by atoms with E-state index in [1.54, 1.807) is 0 Å². The molecule has 3 nitrogen and oxygen atoms in total. The van der Waals surface area contributed by atoms with Crippen molar-refractivity contribution >= 4 is 11.4 Å². The molecule has 1 aliphatic heterocycles. The Labute approximate surface area is 68.9 Å². The highest BCUT2D eigenvalue weighted by atomic mass is 32.2. The van der Waals surface area contributed by atoms with Crippen LogP contribution in [0.4, 0.5) is 0 Å². The summed E-state index contributed by atoms with van der Waals surface area (Å²) in [7, 11) is 0. The van der Waals surface area contributed by atoms with E-state index in [9.17, 15) is 4.21 Å². The normalized spacial score (nSPS) is 36.2. The number of hydrogen-bond donors (Lipinski definition) is 0. The molecule has 11 heavy (non-hydrogen) atoms. The van der Waals surface area contributed by atoms with Gasteiger partial charge in [-0.1, -0.05) is 19.3 Å². The molecule has 1 saturated carbocycles. The molecule has 1 spiro atoms. The van der Waals surface area contributed by atoms with Crippen LogP contribution in [0.2, 0.25) is 0 Å². The zero-order valence-corrected chi connectivity index (χ0v) is 7.19. The molecule has 4 heteroatoms. The van der Waals surface area contributed by atoms with Crippen LogP contribution < -0.4 is 0 Å². The maximum Gasteiger partial charge on any atom is 0.305 e. The lowest BCUT2D eigenvalue weighted by molar-refractivity contribution is 0.0550. The number of hydrogen-bond acceptors (Lipinski definition) is 3. The molecule has 2 fully saturated rings. The van der Waals surface area contributed by atoms with Crippen molar-refractivity contribution in [2.24, 2.45) is 0 Å². The topological polar surface area (TPSA) is 35.5 Å². The smallest absolute Gasteiger partial charge is 0.265 e. The van der Waals surface area contributed by atoms with Gasteiger partial charge in [0.05, 0.1) is 6.61 Å². The van der Waals surface area contributed by atoms with Gasteiger partial charge in [-0.2, -0.15) is 4.21 Å². The van der Waals surface area contributed by atoms with Crippen molar-refractivity contribution in [1.82, 2.24) is 0 Å². The summed E-state index contributed by atoms with van der Waals surface area (Å²) in [6, 6.07) is 0. The molecule has 2 rings (SSSR count). The zero-order chi connectivity index (χ0) is 7.73. The van der Waals surface area contributed by atoms with Gasteiger partial charge < -0.3 is 0 Å². The van der Waals surface area contributed by atoms with Gasteiger partial charge in [-0.15, -0.1) is 0 Å². The van der Waals surface area contributed by atoms with Crippen LogP contribution in [-0.4, -0.2) is 16.4 Å². The van der Waals surface area contributed by atoms with Crippen molar-refractivity contribution < 1.29 is 12.6 Å². The van der Waals surface area contributed by atoms with E-state index in [4.69, 9.17) is 8.37 Å². The van der Waals surface area contributed by atoms with Gasteiger partial charge in [-0.25, -0.2) is 0 Å². The summed E-state index contributed by atoms with van der Waals surface area (Å²) in [5, 5.41) is 0. The van der Waals surface area contributed by atoms with E-state index in [0.29, 0.717) is 6.61 Å². The van der Waals surface area contributed by atoms with Crippen molar-refractivity contribution in [2.45, 2.75) is 37.7 Å². The minimum absolute atomic E-state index is 0.177. The first kappa shape index (κ1) is 7.71. The fourth-order valence-electron chi connectivity index (χ4n) is 1.77. The molecule has 0 aromatic heterocycles. The van der Waals surface area contributed by atoms with Gasteiger partial charge in [0.2, 0.25) is 0 Å². The van der Waals surface area contributed by atoms with Crippen molar-refractivity contribution in [1.29, 1.82) is 0 Å². The van der Waals surface area contributed by atoms with E-state index in [0.717, 1.165) is 12.8 Å². The van der Waals surface area contributed by atoms with Gasteiger partial charge in [0, 0.05) is 0 Å². The first-order valence-corrected chi connectivity index (χ1v) is 5.05. The first-order chi connectivity index (χ1) is 5.31. The molecule has 1 unspecified atom stereocenters. The van der Waals surface area contributed by atoms with Gasteiger partial charge in [0.1, 0.15) is 5.60 Å². The summed E-state index contributed by atoms with van der Waals surface area (Å²) in [6.45, 7) is 0.527. The second-order valence-electron chi connectivity index (χ2n) is 3.29. The van der Waals surface area contributed by atoms with E-state index in [2.05, 4.69) is 0 Å². The average molecular weight is 176 g/mol. The molecule has 1 aliphatic carbocycles. The molecule has 0 bridgehead atoms. The largest absolute Gasteiger partial charge is 0.305 e. The van der Waals surface area contributed by atoms with Crippen LogP contribution in [0, 0.1) is 0 Å².